The molecule has 25 heavy (non-hydrogen) atoms. The van der Waals surface area contributed by atoms with Gasteiger partial charge in [0.1, 0.15) is 11.3 Å². The average molecular weight is 336 g/mol. The van der Waals surface area contributed by atoms with Crippen LogP contribution in [0.25, 0.3) is 10.8 Å². The molecule has 0 aliphatic rings. The van der Waals surface area contributed by atoms with Crippen molar-refractivity contribution in [2.24, 2.45) is 0 Å². The van der Waals surface area contributed by atoms with E-state index in [9.17, 15) is 19.8 Å². The number of rotatable bonds is 4. The van der Waals surface area contributed by atoms with Crippen molar-refractivity contribution in [3.63, 3.8) is 0 Å². The Bertz CT molecular complexity index is 1040. The van der Waals surface area contributed by atoms with Gasteiger partial charge in [0.25, 0.3) is 11.5 Å². The lowest BCUT2D eigenvalue weighted by Crippen LogP contribution is -2.24. The summed E-state index contributed by atoms with van der Waals surface area (Å²) in [5, 5.41) is 23.5. The van der Waals surface area contributed by atoms with Crippen molar-refractivity contribution in [3.8, 4) is 11.6 Å². The highest BCUT2D eigenvalue weighted by Crippen LogP contribution is 2.28. The monoisotopic (exact) mass is 336 g/mol. The number of fused-ring (bicyclic) bond motifs is 1. The largest absolute Gasteiger partial charge is 0.506 e. The zero-order chi connectivity index (χ0) is 18.0. The Labute approximate surface area is 143 Å². The first-order valence-corrected chi connectivity index (χ1v) is 7.59. The molecule has 6 heteroatoms. The van der Waals surface area contributed by atoms with Gasteiger partial charge in [0.05, 0.1) is 5.69 Å². The van der Waals surface area contributed by atoms with Gasteiger partial charge in [0.15, 0.2) is 0 Å². The van der Waals surface area contributed by atoms with E-state index < -0.39 is 17.3 Å². The molecule has 2 aromatic carbocycles. The Kier molecular flexibility index (Phi) is 4.26. The lowest BCUT2D eigenvalue weighted by atomic mass is 10.1. The minimum atomic E-state index is -0.631. The van der Waals surface area contributed by atoms with E-state index in [-0.39, 0.29) is 23.5 Å². The molecule has 0 unspecified atom stereocenters. The van der Waals surface area contributed by atoms with Gasteiger partial charge in [-0.05, 0) is 18.2 Å². The lowest BCUT2D eigenvalue weighted by Gasteiger charge is -2.14. The maximum Gasteiger partial charge on any atom is 0.261 e. The zero-order valence-electron chi connectivity index (χ0n) is 13.3. The predicted molar refractivity (Wildman–Crippen MR) is 96.1 cm³/mol. The summed E-state index contributed by atoms with van der Waals surface area (Å²) < 4.78 is 1.08. The van der Waals surface area contributed by atoms with Crippen LogP contribution in [0.3, 0.4) is 0 Å². The fourth-order valence-corrected chi connectivity index (χ4v) is 2.67. The van der Waals surface area contributed by atoms with Crippen LogP contribution in [0.4, 0.5) is 5.69 Å². The molecule has 0 atom stereocenters. The summed E-state index contributed by atoms with van der Waals surface area (Å²) in [5.41, 5.74) is -0.245. The highest BCUT2D eigenvalue weighted by molar-refractivity contribution is 6.14. The standard InChI is InChI=1S/C19H16N2O4/c1-2-11-21-18(24)13-8-4-3-7-12(13)16(19(21)25)17(23)20-14-9-5-6-10-15(14)22/h2-10,22,25H,1,11H2,(H,20,23). The molecule has 0 radical (unpaired) electrons. The second-order valence-electron chi connectivity index (χ2n) is 5.42. The number of hydrogen-bond acceptors (Lipinski definition) is 4. The fourth-order valence-electron chi connectivity index (χ4n) is 2.67. The molecule has 0 aliphatic carbocycles. The Morgan fingerprint density at radius 3 is 2.40 bits per heavy atom. The first kappa shape index (κ1) is 16.3. The van der Waals surface area contributed by atoms with Gasteiger partial charge in [0.2, 0.25) is 5.88 Å². The molecule has 1 heterocycles. The van der Waals surface area contributed by atoms with E-state index in [4.69, 9.17) is 0 Å². The smallest absolute Gasteiger partial charge is 0.261 e. The Hall–Kier alpha value is -3.54. The van der Waals surface area contributed by atoms with Crippen LogP contribution in [0.15, 0.2) is 66.0 Å². The number of aromatic nitrogens is 1. The molecule has 1 amide bonds. The van der Waals surface area contributed by atoms with E-state index in [1.165, 1.54) is 18.2 Å². The summed E-state index contributed by atoms with van der Waals surface area (Å²) in [7, 11) is 0. The second-order valence-corrected chi connectivity index (χ2v) is 5.42. The summed E-state index contributed by atoms with van der Waals surface area (Å²) in [5.74, 6) is -1.18. The Morgan fingerprint density at radius 1 is 1.08 bits per heavy atom. The molecule has 3 aromatic rings. The number of aromatic hydroxyl groups is 2. The van der Waals surface area contributed by atoms with E-state index in [0.717, 1.165) is 4.57 Å². The van der Waals surface area contributed by atoms with Gasteiger partial charge in [-0.1, -0.05) is 36.4 Å². The molecule has 3 rings (SSSR count). The number of phenols is 1. The molecule has 3 N–H and O–H groups in total. The van der Waals surface area contributed by atoms with Gasteiger partial charge in [0, 0.05) is 17.3 Å². The number of benzene rings is 2. The van der Waals surface area contributed by atoms with Crippen LogP contribution in [0, 0.1) is 0 Å². The van der Waals surface area contributed by atoms with E-state index in [1.54, 1.807) is 36.4 Å². The third kappa shape index (κ3) is 2.85. The van der Waals surface area contributed by atoms with E-state index in [1.807, 2.05) is 0 Å². The van der Waals surface area contributed by atoms with Crippen LogP contribution in [0.2, 0.25) is 0 Å². The van der Waals surface area contributed by atoms with Crippen molar-refractivity contribution < 1.29 is 15.0 Å². The summed E-state index contributed by atoms with van der Waals surface area (Å²) in [4.78, 5) is 25.3. The van der Waals surface area contributed by atoms with Gasteiger partial charge >= 0.3 is 0 Å². The van der Waals surface area contributed by atoms with Gasteiger partial charge in [-0.2, -0.15) is 0 Å². The van der Waals surface area contributed by atoms with E-state index in [2.05, 4.69) is 11.9 Å². The minimum Gasteiger partial charge on any atom is -0.506 e. The SMILES string of the molecule is C=CCn1c(O)c(C(=O)Nc2ccccc2O)c2ccccc2c1=O. The van der Waals surface area contributed by atoms with Crippen LogP contribution < -0.4 is 10.9 Å². The maximum atomic E-state index is 12.7. The van der Waals surface area contributed by atoms with Crippen LogP contribution in [0.1, 0.15) is 10.4 Å². The quantitative estimate of drug-likeness (QED) is 0.505. The third-order valence-electron chi connectivity index (χ3n) is 3.84. The lowest BCUT2D eigenvalue weighted by molar-refractivity contribution is 0.102. The van der Waals surface area contributed by atoms with Gasteiger partial charge < -0.3 is 15.5 Å². The molecule has 0 saturated carbocycles. The summed E-state index contributed by atoms with van der Waals surface area (Å²) >= 11 is 0. The van der Waals surface area contributed by atoms with Gasteiger partial charge in [-0.3, -0.25) is 14.2 Å². The number of anilines is 1. The van der Waals surface area contributed by atoms with Crippen molar-refractivity contribution in [1.82, 2.24) is 4.57 Å². The number of para-hydroxylation sites is 2. The number of allylic oxidation sites excluding steroid dienone is 1. The zero-order valence-corrected chi connectivity index (χ0v) is 13.3. The number of carbonyl (C=O) groups excluding carboxylic acids is 1. The molecule has 0 aliphatic heterocycles. The first-order valence-electron chi connectivity index (χ1n) is 7.59. The minimum absolute atomic E-state index is 0.0414. The molecule has 0 saturated heterocycles. The molecular weight excluding hydrogens is 320 g/mol. The van der Waals surface area contributed by atoms with Crippen LogP contribution in [0.5, 0.6) is 11.6 Å². The molecular formula is C19H16N2O4. The van der Waals surface area contributed by atoms with Crippen LogP contribution in [-0.2, 0) is 6.54 Å². The fraction of sp³-hybridized carbons (Fsp3) is 0.0526. The van der Waals surface area contributed by atoms with Crippen LogP contribution >= 0.6 is 0 Å². The number of amides is 1. The molecule has 0 fully saturated rings. The number of hydrogen-bond donors (Lipinski definition) is 3. The van der Waals surface area contributed by atoms with Crippen molar-refractivity contribution in [3.05, 3.63) is 77.1 Å². The highest BCUT2D eigenvalue weighted by Gasteiger charge is 2.21. The third-order valence-corrected chi connectivity index (χ3v) is 3.84. The van der Waals surface area contributed by atoms with Gasteiger partial charge in [-0.25, -0.2) is 0 Å². The topological polar surface area (TPSA) is 91.6 Å². The number of nitrogens with one attached hydrogen (secondary N) is 1. The summed E-state index contributed by atoms with van der Waals surface area (Å²) in [6.07, 6.45) is 1.46. The Balaban J connectivity index is 2.21. The van der Waals surface area contributed by atoms with E-state index in [0.29, 0.717) is 10.8 Å². The number of pyridine rings is 1. The maximum absolute atomic E-state index is 12.7. The molecule has 0 bridgehead atoms. The summed E-state index contributed by atoms with van der Waals surface area (Å²) in [6, 6.07) is 12.8. The predicted octanol–water partition coefficient (Wildman–Crippen LogP) is 2.85. The number of nitrogens with zero attached hydrogens (tertiary/aromatic N) is 1. The van der Waals surface area contributed by atoms with Crippen molar-refractivity contribution >= 4 is 22.4 Å². The van der Waals surface area contributed by atoms with Gasteiger partial charge in [-0.15, -0.1) is 6.58 Å². The highest BCUT2D eigenvalue weighted by atomic mass is 16.3. The average Bonchev–Trinajstić information content (AvgIpc) is 2.61. The van der Waals surface area contributed by atoms with Crippen molar-refractivity contribution in [2.45, 2.75) is 6.54 Å². The normalized spacial score (nSPS) is 10.6. The number of carbonyl (C=O) groups is 1. The first-order chi connectivity index (χ1) is 12.0. The Morgan fingerprint density at radius 2 is 1.72 bits per heavy atom. The van der Waals surface area contributed by atoms with E-state index >= 15 is 0 Å². The molecule has 6 nitrogen and oxygen atoms in total. The van der Waals surface area contributed by atoms with Crippen molar-refractivity contribution in [1.29, 1.82) is 0 Å². The van der Waals surface area contributed by atoms with Crippen LogP contribution in [-0.4, -0.2) is 20.7 Å². The molecule has 126 valence electrons. The van der Waals surface area contributed by atoms with Crippen molar-refractivity contribution in [2.75, 3.05) is 5.32 Å². The molecule has 1 aromatic heterocycles. The number of phenolic OH excluding ortho intramolecular Hbond substituents is 1. The molecule has 0 spiro atoms. The summed E-state index contributed by atoms with van der Waals surface area (Å²) in [6.45, 7) is 3.63. The second kappa shape index (κ2) is 6.52.